The number of hydrogen-bond donors (Lipinski definition) is 0. The number of nitrogens with zero attached hydrogens (tertiary/aromatic N) is 3. The van der Waals surface area contributed by atoms with Gasteiger partial charge in [-0.15, -0.1) is 0 Å². The lowest BCUT2D eigenvalue weighted by molar-refractivity contribution is -0.385. The van der Waals surface area contributed by atoms with Crippen LogP contribution in [-0.2, 0) is 4.74 Å². The maximum Gasteiger partial charge on any atom is 0.444 e. The van der Waals surface area contributed by atoms with E-state index in [-0.39, 0.29) is 30.3 Å². The summed E-state index contributed by atoms with van der Waals surface area (Å²) in [4.78, 5) is 22.6. The van der Waals surface area contributed by atoms with Crippen LogP contribution in [0.2, 0.25) is 0 Å². The predicted octanol–water partition coefficient (Wildman–Crippen LogP) is 2.83. The van der Waals surface area contributed by atoms with Crippen molar-refractivity contribution in [1.29, 1.82) is 0 Å². The van der Waals surface area contributed by atoms with Gasteiger partial charge in [0.15, 0.2) is 17.3 Å². The van der Waals surface area contributed by atoms with E-state index in [0.717, 1.165) is 22.9 Å². The zero-order valence-electron chi connectivity index (χ0n) is 14.8. The van der Waals surface area contributed by atoms with Crippen LogP contribution in [0.25, 0.3) is 5.69 Å². The fourth-order valence-electron chi connectivity index (χ4n) is 2.25. The molecule has 0 N–H and O–H groups in total. The molecule has 0 unspecified atom stereocenters. The first kappa shape index (κ1) is 19.9. The number of hydrogen-bond acceptors (Lipinski definition) is 8. The number of benzene rings is 2. The monoisotopic (exact) mass is 409 g/mol. The third-order valence-electron chi connectivity index (χ3n) is 3.55. The Kier molecular flexibility index (Phi) is 5.83. The SMILES string of the molecule is COCCOc1cc(-n2nc(Oc3ccc(F)cc3F)oc2=O)ccc1[N+](=O)[O-]. The van der Waals surface area contributed by atoms with Crippen molar-refractivity contribution >= 4 is 5.69 Å². The Morgan fingerprint density at radius 2 is 1.97 bits per heavy atom. The summed E-state index contributed by atoms with van der Waals surface area (Å²) >= 11 is 0. The van der Waals surface area contributed by atoms with E-state index < -0.39 is 34.1 Å². The number of nitro benzene ring substituents is 1. The molecular weight excluding hydrogens is 396 g/mol. The second-order valence-electron chi connectivity index (χ2n) is 5.47. The van der Waals surface area contributed by atoms with E-state index in [9.17, 15) is 23.7 Å². The summed E-state index contributed by atoms with van der Waals surface area (Å²) in [6.45, 7) is 0.221. The molecule has 1 aromatic heterocycles. The molecule has 10 nitrogen and oxygen atoms in total. The molecule has 0 aliphatic carbocycles. The Balaban J connectivity index is 1.91. The van der Waals surface area contributed by atoms with Crippen LogP contribution < -0.4 is 15.2 Å². The van der Waals surface area contributed by atoms with E-state index >= 15 is 0 Å². The van der Waals surface area contributed by atoms with Crippen molar-refractivity contribution in [3.63, 3.8) is 0 Å². The van der Waals surface area contributed by atoms with Gasteiger partial charge in [-0.25, -0.2) is 13.6 Å². The van der Waals surface area contributed by atoms with Crippen LogP contribution in [0.1, 0.15) is 0 Å². The molecule has 152 valence electrons. The molecule has 0 fully saturated rings. The fourth-order valence-corrected chi connectivity index (χ4v) is 2.25. The molecule has 3 rings (SSSR count). The first-order chi connectivity index (χ1) is 13.9. The van der Waals surface area contributed by atoms with E-state index in [0.29, 0.717) is 6.07 Å². The van der Waals surface area contributed by atoms with Crippen molar-refractivity contribution < 1.29 is 32.3 Å². The average Bonchev–Trinajstić information content (AvgIpc) is 3.04. The summed E-state index contributed by atoms with van der Waals surface area (Å²) in [5.74, 6) is -3.36. The molecule has 0 atom stereocenters. The summed E-state index contributed by atoms with van der Waals surface area (Å²) in [6, 6.07) is 6.11. The Labute approximate surface area is 161 Å². The summed E-state index contributed by atoms with van der Waals surface area (Å²) in [5, 5.41) is 14.9. The van der Waals surface area contributed by atoms with E-state index in [1.54, 1.807) is 0 Å². The van der Waals surface area contributed by atoms with Gasteiger partial charge in [-0.1, -0.05) is 5.10 Å². The second kappa shape index (κ2) is 8.48. The number of ether oxygens (including phenoxy) is 3. The molecule has 0 spiro atoms. The van der Waals surface area contributed by atoms with Crippen molar-refractivity contribution in [2.75, 3.05) is 20.3 Å². The summed E-state index contributed by atoms with van der Waals surface area (Å²) in [6.07, 6.45) is -0.610. The molecule has 0 aliphatic heterocycles. The normalized spacial score (nSPS) is 10.7. The van der Waals surface area contributed by atoms with Crippen LogP contribution in [0.5, 0.6) is 17.6 Å². The van der Waals surface area contributed by atoms with Gasteiger partial charge in [0.25, 0.3) is 0 Å². The molecule has 0 aliphatic rings. The van der Waals surface area contributed by atoms with Crippen molar-refractivity contribution in [3.8, 4) is 23.3 Å². The molecule has 29 heavy (non-hydrogen) atoms. The second-order valence-corrected chi connectivity index (χ2v) is 5.47. The van der Waals surface area contributed by atoms with Gasteiger partial charge in [0.2, 0.25) is 0 Å². The van der Waals surface area contributed by atoms with Gasteiger partial charge < -0.3 is 18.6 Å². The highest BCUT2D eigenvalue weighted by molar-refractivity contribution is 5.52. The van der Waals surface area contributed by atoms with Gasteiger partial charge in [-0.2, -0.15) is 4.68 Å². The van der Waals surface area contributed by atoms with Crippen molar-refractivity contribution in [2.24, 2.45) is 0 Å². The topological polar surface area (TPSA) is 119 Å². The van der Waals surface area contributed by atoms with E-state index in [2.05, 4.69) is 5.10 Å². The van der Waals surface area contributed by atoms with Gasteiger partial charge >= 0.3 is 17.5 Å². The molecule has 0 saturated carbocycles. The highest BCUT2D eigenvalue weighted by atomic mass is 19.1. The van der Waals surface area contributed by atoms with Gasteiger partial charge in [0.05, 0.1) is 17.2 Å². The lowest BCUT2D eigenvalue weighted by atomic mass is 10.2. The third-order valence-corrected chi connectivity index (χ3v) is 3.55. The first-order valence-corrected chi connectivity index (χ1v) is 8.02. The van der Waals surface area contributed by atoms with Crippen LogP contribution in [-0.4, -0.2) is 35.0 Å². The lowest BCUT2D eigenvalue weighted by Crippen LogP contribution is -2.14. The maximum atomic E-state index is 13.7. The Morgan fingerprint density at radius 3 is 2.66 bits per heavy atom. The van der Waals surface area contributed by atoms with Crippen LogP contribution >= 0.6 is 0 Å². The van der Waals surface area contributed by atoms with E-state index in [4.69, 9.17) is 18.6 Å². The van der Waals surface area contributed by atoms with Gasteiger partial charge in [0, 0.05) is 25.3 Å². The average molecular weight is 409 g/mol. The van der Waals surface area contributed by atoms with Gasteiger partial charge in [0.1, 0.15) is 12.4 Å². The smallest absolute Gasteiger partial charge is 0.444 e. The Bertz CT molecular complexity index is 1100. The Hall–Kier alpha value is -3.80. The minimum absolute atomic E-state index is 0.0344. The van der Waals surface area contributed by atoms with Gasteiger partial charge in [-0.3, -0.25) is 10.1 Å². The highest BCUT2D eigenvalue weighted by Gasteiger charge is 2.20. The molecule has 0 saturated heterocycles. The summed E-state index contributed by atoms with van der Waals surface area (Å²) in [5.41, 5.74) is -0.252. The van der Waals surface area contributed by atoms with E-state index in [1.807, 2.05) is 0 Å². The van der Waals surface area contributed by atoms with Gasteiger partial charge in [-0.05, 0) is 18.2 Å². The first-order valence-electron chi connectivity index (χ1n) is 8.02. The maximum absolute atomic E-state index is 13.7. The quantitative estimate of drug-likeness (QED) is 0.317. The number of methoxy groups -OCH3 is 1. The molecular formula is C17H13F2N3O7. The minimum atomic E-state index is -1.02. The molecule has 2 aromatic carbocycles. The molecule has 12 heteroatoms. The predicted molar refractivity (Wildman–Crippen MR) is 92.6 cm³/mol. The molecule has 3 aromatic rings. The van der Waals surface area contributed by atoms with Crippen LogP contribution in [0.3, 0.4) is 0 Å². The number of halogens is 2. The van der Waals surface area contributed by atoms with Crippen LogP contribution in [0, 0.1) is 21.7 Å². The summed E-state index contributed by atoms with van der Waals surface area (Å²) < 4.78 is 47.3. The van der Waals surface area contributed by atoms with Crippen molar-refractivity contribution in [2.45, 2.75) is 0 Å². The molecule has 0 bridgehead atoms. The zero-order valence-corrected chi connectivity index (χ0v) is 14.8. The largest absolute Gasteiger partial charge is 0.484 e. The third kappa shape index (κ3) is 4.55. The summed E-state index contributed by atoms with van der Waals surface area (Å²) in [7, 11) is 1.44. The standard InChI is InChI=1S/C17H13F2N3O7/c1-26-6-7-27-15-9-11(3-4-13(15)22(24)25)21-17(23)29-16(20-21)28-14-5-2-10(18)8-12(14)19/h2-5,8-9H,6-7H2,1H3. The molecule has 1 heterocycles. The van der Waals surface area contributed by atoms with E-state index in [1.165, 1.54) is 19.2 Å². The Morgan fingerprint density at radius 1 is 1.17 bits per heavy atom. The number of rotatable bonds is 8. The van der Waals surface area contributed by atoms with Crippen LogP contribution in [0.4, 0.5) is 14.5 Å². The van der Waals surface area contributed by atoms with Crippen molar-refractivity contribution in [3.05, 3.63) is 68.7 Å². The van der Waals surface area contributed by atoms with Crippen molar-refractivity contribution in [1.82, 2.24) is 9.78 Å². The number of aromatic nitrogens is 2. The zero-order chi connectivity index (χ0) is 21.0. The van der Waals surface area contributed by atoms with Crippen LogP contribution in [0.15, 0.2) is 45.6 Å². The lowest BCUT2D eigenvalue weighted by Gasteiger charge is -2.07. The number of nitro groups is 1. The highest BCUT2D eigenvalue weighted by Crippen LogP contribution is 2.29. The minimum Gasteiger partial charge on any atom is -0.484 e. The molecule has 0 radical (unpaired) electrons. The molecule has 0 amide bonds. The fraction of sp³-hybridized carbons (Fsp3) is 0.176.